The van der Waals surface area contributed by atoms with Crippen molar-refractivity contribution in [3.05, 3.63) is 42.2 Å². The third-order valence-electron chi connectivity index (χ3n) is 5.53. The van der Waals surface area contributed by atoms with Gasteiger partial charge in [0.2, 0.25) is 5.91 Å². The zero-order valence-corrected chi connectivity index (χ0v) is 17.4. The fourth-order valence-electron chi connectivity index (χ4n) is 3.80. The lowest BCUT2D eigenvalue weighted by molar-refractivity contribution is -0.131. The number of rotatable bonds is 7. The van der Waals surface area contributed by atoms with Crippen LogP contribution in [0.5, 0.6) is 0 Å². The summed E-state index contributed by atoms with van der Waals surface area (Å²) < 4.78 is 31.0. The molecule has 0 aromatic carbocycles. The summed E-state index contributed by atoms with van der Waals surface area (Å²) in [5.74, 6) is 1.15. The topological polar surface area (TPSA) is 84.2 Å². The van der Waals surface area contributed by atoms with Gasteiger partial charge in [-0.3, -0.25) is 9.78 Å². The molecular weight excluding hydrogens is 404 g/mol. The molecule has 1 aliphatic rings. The second-order valence-corrected chi connectivity index (χ2v) is 7.81. The highest BCUT2D eigenvalue weighted by molar-refractivity contribution is 5.83. The monoisotopic (exact) mass is 429 g/mol. The van der Waals surface area contributed by atoms with Gasteiger partial charge in [0.05, 0.1) is 29.9 Å². The van der Waals surface area contributed by atoms with Gasteiger partial charge in [0.15, 0.2) is 11.7 Å². The minimum Gasteiger partial charge on any atom is -0.439 e. The molecule has 1 N–H and O–H groups in total. The van der Waals surface area contributed by atoms with Crippen molar-refractivity contribution < 1.29 is 18.0 Å². The number of fused-ring (bicyclic) bond motifs is 1. The fourth-order valence-corrected chi connectivity index (χ4v) is 3.80. The number of pyridine rings is 2. The standard InChI is InChI=1S/C22H25F2N5O2/c1-14-25-13-21(31-14)19-3-2-15-12-26-17(8-20(15)28-19)9-22(30)29-6-4-16(5-7-29)27-18(10-23)11-24/h2-3,8,12-13,16,18,27H,4-7,9-11H2,1H3. The highest BCUT2D eigenvalue weighted by atomic mass is 19.1. The molecule has 1 fully saturated rings. The summed E-state index contributed by atoms with van der Waals surface area (Å²) in [6, 6.07) is 4.85. The number of carbonyl (C=O) groups is 1. The van der Waals surface area contributed by atoms with Gasteiger partial charge in [0, 0.05) is 37.6 Å². The lowest BCUT2D eigenvalue weighted by Crippen LogP contribution is -2.49. The molecule has 1 amide bonds. The number of halogens is 2. The van der Waals surface area contributed by atoms with E-state index >= 15 is 0 Å². The maximum absolute atomic E-state index is 12.7. The quantitative estimate of drug-likeness (QED) is 0.622. The Bertz CT molecular complexity index is 1050. The van der Waals surface area contributed by atoms with Crippen LogP contribution in [0.4, 0.5) is 8.78 Å². The second kappa shape index (κ2) is 9.47. The number of hydrogen-bond acceptors (Lipinski definition) is 6. The first-order valence-electron chi connectivity index (χ1n) is 10.4. The smallest absolute Gasteiger partial charge is 0.228 e. The Morgan fingerprint density at radius 3 is 2.68 bits per heavy atom. The lowest BCUT2D eigenvalue weighted by atomic mass is 10.0. The summed E-state index contributed by atoms with van der Waals surface area (Å²) in [5.41, 5.74) is 2.05. The van der Waals surface area contributed by atoms with Gasteiger partial charge in [0.25, 0.3) is 0 Å². The van der Waals surface area contributed by atoms with Crippen LogP contribution in [-0.2, 0) is 11.2 Å². The van der Waals surface area contributed by atoms with Crippen molar-refractivity contribution in [3.63, 3.8) is 0 Å². The molecule has 7 nitrogen and oxygen atoms in total. The van der Waals surface area contributed by atoms with E-state index in [1.807, 2.05) is 18.2 Å². The van der Waals surface area contributed by atoms with Crippen LogP contribution in [0.15, 0.2) is 35.0 Å². The number of hydrogen-bond donors (Lipinski definition) is 1. The molecule has 3 aromatic rings. The van der Waals surface area contributed by atoms with E-state index in [-0.39, 0.29) is 18.4 Å². The van der Waals surface area contributed by atoms with Crippen molar-refractivity contribution in [1.82, 2.24) is 25.2 Å². The molecule has 0 bridgehead atoms. The summed E-state index contributed by atoms with van der Waals surface area (Å²) in [4.78, 5) is 27.7. The van der Waals surface area contributed by atoms with Crippen molar-refractivity contribution in [2.24, 2.45) is 0 Å². The van der Waals surface area contributed by atoms with Crippen LogP contribution >= 0.6 is 0 Å². The Kier molecular flexibility index (Phi) is 6.50. The summed E-state index contributed by atoms with van der Waals surface area (Å²) in [5, 5.41) is 3.86. The fraction of sp³-hybridized carbons (Fsp3) is 0.455. The van der Waals surface area contributed by atoms with Crippen LogP contribution < -0.4 is 5.32 Å². The summed E-state index contributed by atoms with van der Waals surface area (Å²) in [6.45, 7) is 1.44. The maximum atomic E-state index is 12.7. The number of piperidine rings is 1. The number of likely N-dealkylation sites (tertiary alicyclic amines) is 1. The summed E-state index contributed by atoms with van der Waals surface area (Å²) >= 11 is 0. The molecule has 0 atom stereocenters. The molecule has 4 heterocycles. The molecule has 31 heavy (non-hydrogen) atoms. The average Bonchev–Trinajstić information content (AvgIpc) is 3.23. The van der Waals surface area contributed by atoms with E-state index in [1.165, 1.54) is 0 Å². The van der Waals surface area contributed by atoms with E-state index in [4.69, 9.17) is 4.42 Å². The van der Waals surface area contributed by atoms with Crippen molar-refractivity contribution in [2.75, 3.05) is 26.4 Å². The summed E-state index contributed by atoms with van der Waals surface area (Å²) in [7, 11) is 0. The van der Waals surface area contributed by atoms with E-state index in [2.05, 4.69) is 20.3 Å². The van der Waals surface area contributed by atoms with Gasteiger partial charge >= 0.3 is 0 Å². The molecule has 0 aliphatic carbocycles. The zero-order valence-electron chi connectivity index (χ0n) is 17.4. The third kappa shape index (κ3) is 5.04. The van der Waals surface area contributed by atoms with E-state index in [0.29, 0.717) is 49.0 Å². The highest BCUT2D eigenvalue weighted by Gasteiger charge is 2.25. The number of oxazole rings is 1. The molecule has 4 rings (SSSR count). The second-order valence-electron chi connectivity index (χ2n) is 7.81. The van der Waals surface area contributed by atoms with Crippen molar-refractivity contribution in [1.29, 1.82) is 0 Å². The Morgan fingerprint density at radius 2 is 2.00 bits per heavy atom. The van der Waals surface area contributed by atoms with Crippen LogP contribution in [0.25, 0.3) is 22.4 Å². The Labute approximate surface area is 178 Å². The largest absolute Gasteiger partial charge is 0.439 e. The van der Waals surface area contributed by atoms with Crippen LogP contribution in [0.3, 0.4) is 0 Å². The molecule has 0 unspecified atom stereocenters. The maximum Gasteiger partial charge on any atom is 0.228 e. The van der Waals surface area contributed by atoms with Gasteiger partial charge in [-0.25, -0.2) is 18.7 Å². The summed E-state index contributed by atoms with van der Waals surface area (Å²) in [6.07, 6.45) is 4.88. The van der Waals surface area contributed by atoms with E-state index < -0.39 is 19.4 Å². The molecule has 1 aliphatic heterocycles. The first-order chi connectivity index (χ1) is 15.1. The number of aryl methyl sites for hydroxylation is 1. The Balaban J connectivity index is 1.39. The van der Waals surface area contributed by atoms with Crippen molar-refractivity contribution >= 4 is 16.8 Å². The van der Waals surface area contributed by atoms with Gasteiger partial charge in [-0.05, 0) is 31.0 Å². The van der Waals surface area contributed by atoms with Gasteiger partial charge in [-0.2, -0.15) is 0 Å². The molecular formula is C22H25F2N5O2. The minimum absolute atomic E-state index is 0.0140. The van der Waals surface area contributed by atoms with Gasteiger partial charge < -0.3 is 14.6 Å². The van der Waals surface area contributed by atoms with Crippen LogP contribution in [0.2, 0.25) is 0 Å². The van der Waals surface area contributed by atoms with E-state index in [9.17, 15) is 13.6 Å². The Morgan fingerprint density at radius 1 is 1.23 bits per heavy atom. The average molecular weight is 429 g/mol. The number of alkyl halides is 2. The predicted octanol–water partition coefficient (Wildman–Crippen LogP) is 3.02. The van der Waals surface area contributed by atoms with Crippen LogP contribution in [0, 0.1) is 6.92 Å². The molecule has 0 radical (unpaired) electrons. The zero-order chi connectivity index (χ0) is 21.8. The number of nitrogens with zero attached hydrogens (tertiary/aromatic N) is 4. The highest BCUT2D eigenvalue weighted by Crippen LogP contribution is 2.22. The van der Waals surface area contributed by atoms with Crippen molar-refractivity contribution in [2.45, 2.75) is 38.3 Å². The Hall–Kier alpha value is -2.94. The number of amides is 1. The molecule has 164 valence electrons. The van der Waals surface area contributed by atoms with E-state index in [1.54, 1.807) is 24.2 Å². The molecule has 1 saturated heterocycles. The van der Waals surface area contributed by atoms with Gasteiger partial charge in [-0.15, -0.1) is 0 Å². The van der Waals surface area contributed by atoms with Gasteiger partial charge in [-0.1, -0.05) is 0 Å². The minimum atomic E-state index is -0.757. The third-order valence-corrected chi connectivity index (χ3v) is 5.53. The SMILES string of the molecule is Cc1ncc(-c2ccc3cnc(CC(=O)N4CCC(NC(CF)CF)CC4)cc3n2)o1. The number of aromatic nitrogens is 3. The predicted molar refractivity (Wildman–Crippen MR) is 112 cm³/mol. The lowest BCUT2D eigenvalue weighted by Gasteiger charge is -2.33. The van der Waals surface area contributed by atoms with Crippen LogP contribution in [-0.4, -0.2) is 64.3 Å². The number of carbonyl (C=O) groups excluding carboxylic acids is 1. The number of nitrogens with one attached hydrogen (secondary N) is 1. The van der Waals surface area contributed by atoms with E-state index in [0.717, 1.165) is 10.9 Å². The van der Waals surface area contributed by atoms with Gasteiger partial charge in [0.1, 0.15) is 19.0 Å². The molecule has 3 aromatic heterocycles. The van der Waals surface area contributed by atoms with Crippen molar-refractivity contribution in [3.8, 4) is 11.5 Å². The van der Waals surface area contributed by atoms with Crippen LogP contribution in [0.1, 0.15) is 24.4 Å². The normalized spacial score (nSPS) is 15.2. The molecule has 9 heteroatoms. The first kappa shape index (κ1) is 21.3. The molecule has 0 spiro atoms. The molecule has 0 saturated carbocycles. The first-order valence-corrected chi connectivity index (χ1v) is 10.4.